The molecule has 1 aromatic carbocycles. The first-order valence-electron chi connectivity index (χ1n) is 10.3. The van der Waals surface area contributed by atoms with E-state index < -0.39 is 0 Å². The standard InChI is InChI=1S/C23H29N3O2/c1-28-22-14-20(11-12-24-22)23(27)26-16-19-9-10-21(26)17-25(15-19)13-5-8-18-6-3-2-4-7-18/h2-4,6-7,11-12,14,19,21H,5,8-10,13,15-17H2,1H3/t19-,21+/m0/s1. The second-order valence-electron chi connectivity index (χ2n) is 7.99. The maximum absolute atomic E-state index is 13.1. The van der Waals surface area contributed by atoms with E-state index in [0.29, 0.717) is 23.4 Å². The summed E-state index contributed by atoms with van der Waals surface area (Å²) in [6.07, 6.45) is 6.26. The second kappa shape index (κ2) is 8.74. The SMILES string of the molecule is COc1cc(C(=O)N2C[C@H]3CC[C@@H]2CN(CCCc2ccccc2)C3)ccn1. The predicted octanol–water partition coefficient (Wildman–Crippen LogP) is 3.26. The number of aromatic nitrogens is 1. The summed E-state index contributed by atoms with van der Waals surface area (Å²) in [5.41, 5.74) is 2.08. The van der Waals surface area contributed by atoms with E-state index in [-0.39, 0.29) is 5.91 Å². The van der Waals surface area contributed by atoms with Crippen LogP contribution in [0.4, 0.5) is 0 Å². The summed E-state index contributed by atoms with van der Waals surface area (Å²) in [4.78, 5) is 21.9. The average Bonchev–Trinajstić information content (AvgIpc) is 3.05. The van der Waals surface area contributed by atoms with Crippen molar-refractivity contribution < 1.29 is 9.53 Å². The van der Waals surface area contributed by atoms with Crippen molar-refractivity contribution in [2.24, 2.45) is 5.92 Å². The molecule has 0 N–H and O–H groups in total. The van der Waals surface area contributed by atoms with Crippen molar-refractivity contribution >= 4 is 5.91 Å². The number of aryl methyl sites for hydroxylation is 1. The lowest BCUT2D eigenvalue weighted by molar-refractivity contribution is 0.0584. The fourth-order valence-corrected chi connectivity index (χ4v) is 4.58. The van der Waals surface area contributed by atoms with Crippen LogP contribution >= 0.6 is 0 Å². The molecular weight excluding hydrogens is 350 g/mol. The first kappa shape index (κ1) is 18.9. The Balaban J connectivity index is 1.38. The number of ether oxygens (including phenoxy) is 1. The molecule has 3 aliphatic heterocycles. The largest absolute Gasteiger partial charge is 0.481 e. The van der Waals surface area contributed by atoms with Crippen molar-refractivity contribution in [2.75, 3.05) is 33.3 Å². The summed E-state index contributed by atoms with van der Waals surface area (Å²) < 4.78 is 5.19. The van der Waals surface area contributed by atoms with Crippen LogP contribution < -0.4 is 4.74 Å². The zero-order chi connectivity index (χ0) is 19.3. The summed E-state index contributed by atoms with van der Waals surface area (Å²) in [6, 6.07) is 14.5. The lowest BCUT2D eigenvalue weighted by Crippen LogP contribution is -2.47. The predicted molar refractivity (Wildman–Crippen MR) is 110 cm³/mol. The number of carbonyl (C=O) groups is 1. The van der Waals surface area contributed by atoms with Gasteiger partial charge in [-0.05, 0) is 49.8 Å². The first-order valence-corrected chi connectivity index (χ1v) is 10.3. The zero-order valence-electron chi connectivity index (χ0n) is 16.6. The second-order valence-corrected chi connectivity index (χ2v) is 7.99. The zero-order valence-corrected chi connectivity index (χ0v) is 16.6. The van der Waals surface area contributed by atoms with Gasteiger partial charge < -0.3 is 14.5 Å². The van der Waals surface area contributed by atoms with Gasteiger partial charge in [0, 0.05) is 43.5 Å². The van der Waals surface area contributed by atoms with Crippen LogP contribution in [-0.2, 0) is 6.42 Å². The number of pyridine rings is 1. The van der Waals surface area contributed by atoms with Crippen molar-refractivity contribution in [1.29, 1.82) is 0 Å². The molecule has 5 rings (SSSR count). The molecule has 2 aromatic rings. The van der Waals surface area contributed by atoms with E-state index in [1.807, 2.05) is 0 Å². The number of nitrogens with zero attached hydrogens (tertiary/aromatic N) is 3. The van der Waals surface area contributed by atoms with Crippen LogP contribution in [0.1, 0.15) is 35.2 Å². The summed E-state index contributed by atoms with van der Waals surface area (Å²) in [6.45, 7) is 4.06. The number of methoxy groups -OCH3 is 1. The summed E-state index contributed by atoms with van der Waals surface area (Å²) >= 11 is 0. The van der Waals surface area contributed by atoms with Gasteiger partial charge in [-0.1, -0.05) is 30.3 Å². The Bertz CT molecular complexity index is 795. The molecule has 0 unspecified atom stereocenters. The molecule has 5 heteroatoms. The van der Waals surface area contributed by atoms with Crippen molar-refractivity contribution in [3.63, 3.8) is 0 Å². The number of amides is 1. The molecular formula is C23H29N3O2. The normalized spacial score (nSPS) is 22.1. The molecule has 3 fully saturated rings. The van der Waals surface area contributed by atoms with Gasteiger partial charge in [-0.3, -0.25) is 4.79 Å². The highest BCUT2D eigenvalue weighted by molar-refractivity contribution is 5.94. The number of hydrogen-bond acceptors (Lipinski definition) is 4. The Kier molecular flexibility index (Phi) is 5.91. The topological polar surface area (TPSA) is 45.7 Å². The quantitative estimate of drug-likeness (QED) is 0.773. The lowest BCUT2D eigenvalue weighted by atomic mass is 9.94. The van der Waals surface area contributed by atoms with Gasteiger partial charge in [-0.15, -0.1) is 0 Å². The van der Waals surface area contributed by atoms with E-state index >= 15 is 0 Å². The third-order valence-corrected chi connectivity index (χ3v) is 6.02. The number of benzene rings is 1. The average molecular weight is 380 g/mol. The number of fused-ring (bicyclic) bond motifs is 4. The van der Waals surface area contributed by atoms with E-state index in [2.05, 4.69) is 45.1 Å². The molecule has 1 amide bonds. The molecule has 2 atom stereocenters. The molecule has 3 aliphatic rings. The Morgan fingerprint density at radius 3 is 2.82 bits per heavy atom. The molecule has 28 heavy (non-hydrogen) atoms. The van der Waals surface area contributed by atoms with Crippen LogP contribution in [0.25, 0.3) is 0 Å². The third kappa shape index (κ3) is 4.36. The van der Waals surface area contributed by atoms with Crippen LogP contribution in [0.5, 0.6) is 5.88 Å². The number of piperidine rings is 1. The Morgan fingerprint density at radius 2 is 2.00 bits per heavy atom. The van der Waals surface area contributed by atoms with Crippen molar-refractivity contribution in [1.82, 2.24) is 14.8 Å². The number of carbonyl (C=O) groups excluding carboxylic acids is 1. The lowest BCUT2D eigenvalue weighted by Gasteiger charge is -2.36. The Morgan fingerprint density at radius 1 is 1.14 bits per heavy atom. The minimum atomic E-state index is 0.113. The highest BCUT2D eigenvalue weighted by atomic mass is 16.5. The molecule has 4 heterocycles. The molecule has 5 nitrogen and oxygen atoms in total. The van der Waals surface area contributed by atoms with Crippen LogP contribution in [0.2, 0.25) is 0 Å². The van der Waals surface area contributed by atoms with Gasteiger partial charge in [0.1, 0.15) is 0 Å². The van der Waals surface area contributed by atoms with Crippen LogP contribution in [-0.4, -0.2) is 60.0 Å². The first-order chi connectivity index (χ1) is 13.7. The molecule has 0 radical (unpaired) electrons. The third-order valence-electron chi connectivity index (χ3n) is 6.02. The van der Waals surface area contributed by atoms with E-state index in [4.69, 9.17) is 4.74 Å². The molecule has 148 valence electrons. The highest BCUT2D eigenvalue weighted by Crippen LogP contribution is 2.29. The molecule has 0 spiro atoms. The minimum Gasteiger partial charge on any atom is -0.481 e. The van der Waals surface area contributed by atoms with Gasteiger partial charge in [0.25, 0.3) is 5.91 Å². The number of rotatable bonds is 6. The van der Waals surface area contributed by atoms with Gasteiger partial charge >= 0.3 is 0 Å². The van der Waals surface area contributed by atoms with Gasteiger partial charge in [-0.2, -0.15) is 0 Å². The summed E-state index contributed by atoms with van der Waals surface area (Å²) in [7, 11) is 1.58. The Labute approximate surface area is 167 Å². The highest BCUT2D eigenvalue weighted by Gasteiger charge is 2.37. The van der Waals surface area contributed by atoms with Gasteiger partial charge in [0.15, 0.2) is 0 Å². The molecule has 0 aliphatic carbocycles. The maximum atomic E-state index is 13.1. The monoisotopic (exact) mass is 379 g/mol. The maximum Gasteiger partial charge on any atom is 0.254 e. The van der Waals surface area contributed by atoms with Crippen molar-refractivity contribution in [2.45, 2.75) is 31.7 Å². The molecule has 3 saturated heterocycles. The smallest absolute Gasteiger partial charge is 0.254 e. The fraction of sp³-hybridized carbons (Fsp3) is 0.478. The van der Waals surface area contributed by atoms with E-state index in [1.165, 1.54) is 18.4 Å². The van der Waals surface area contributed by atoms with Gasteiger partial charge in [0.2, 0.25) is 5.88 Å². The molecule has 1 aromatic heterocycles. The van der Waals surface area contributed by atoms with Crippen molar-refractivity contribution in [3.05, 3.63) is 59.8 Å². The molecule has 0 saturated carbocycles. The van der Waals surface area contributed by atoms with E-state index in [1.54, 1.807) is 25.4 Å². The fourth-order valence-electron chi connectivity index (χ4n) is 4.58. The summed E-state index contributed by atoms with van der Waals surface area (Å²) in [5.74, 6) is 1.18. The van der Waals surface area contributed by atoms with Crippen molar-refractivity contribution in [3.8, 4) is 5.88 Å². The van der Waals surface area contributed by atoms with Crippen LogP contribution in [0, 0.1) is 5.92 Å². The van der Waals surface area contributed by atoms with Crippen LogP contribution in [0.15, 0.2) is 48.7 Å². The Hall–Kier alpha value is -2.40. The number of hydrogen-bond donors (Lipinski definition) is 0. The van der Waals surface area contributed by atoms with E-state index in [9.17, 15) is 4.79 Å². The van der Waals surface area contributed by atoms with Gasteiger partial charge in [-0.25, -0.2) is 4.98 Å². The van der Waals surface area contributed by atoms with Gasteiger partial charge in [0.05, 0.1) is 7.11 Å². The molecule has 2 bridgehead atoms. The minimum absolute atomic E-state index is 0.113. The summed E-state index contributed by atoms with van der Waals surface area (Å²) in [5, 5.41) is 0. The van der Waals surface area contributed by atoms with Crippen LogP contribution in [0.3, 0.4) is 0 Å². The van der Waals surface area contributed by atoms with E-state index in [0.717, 1.165) is 39.0 Å².